The van der Waals surface area contributed by atoms with E-state index in [-0.39, 0.29) is 12.3 Å². The maximum atomic E-state index is 11.8. The fourth-order valence-electron chi connectivity index (χ4n) is 2.39. The van der Waals surface area contributed by atoms with Crippen LogP contribution in [-0.2, 0) is 11.2 Å². The first kappa shape index (κ1) is 17.0. The van der Waals surface area contributed by atoms with Crippen molar-refractivity contribution in [2.75, 3.05) is 13.7 Å². The van der Waals surface area contributed by atoms with E-state index < -0.39 is 6.10 Å². The van der Waals surface area contributed by atoms with Crippen LogP contribution in [-0.4, -0.2) is 24.7 Å². The number of methoxy groups -OCH3 is 1. The van der Waals surface area contributed by atoms with Crippen LogP contribution in [0.3, 0.4) is 0 Å². The highest BCUT2D eigenvalue weighted by Crippen LogP contribution is 2.16. The lowest BCUT2D eigenvalue weighted by molar-refractivity contribution is -0.123. The zero-order valence-corrected chi connectivity index (χ0v) is 13.4. The van der Waals surface area contributed by atoms with Crippen molar-refractivity contribution in [3.8, 4) is 5.75 Å². The van der Waals surface area contributed by atoms with E-state index in [1.165, 1.54) is 5.56 Å². The van der Waals surface area contributed by atoms with Gasteiger partial charge in [0, 0.05) is 6.54 Å². The van der Waals surface area contributed by atoms with E-state index in [0.717, 1.165) is 24.2 Å². The van der Waals surface area contributed by atoms with Crippen LogP contribution in [0.1, 0.15) is 30.1 Å². The lowest BCUT2D eigenvalue weighted by Crippen LogP contribution is -2.26. The van der Waals surface area contributed by atoms with Crippen LogP contribution in [0.2, 0.25) is 0 Å². The Hall–Kier alpha value is -2.33. The van der Waals surface area contributed by atoms with Gasteiger partial charge in [-0.2, -0.15) is 0 Å². The van der Waals surface area contributed by atoms with E-state index in [1.54, 1.807) is 7.11 Å². The van der Waals surface area contributed by atoms with Gasteiger partial charge in [-0.3, -0.25) is 4.79 Å². The molecule has 0 saturated carbocycles. The van der Waals surface area contributed by atoms with Crippen molar-refractivity contribution in [2.24, 2.45) is 0 Å². The van der Waals surface area contributed by atoms with Gasteiger partial charge >= 0.3 is 0 Å². The standard InChI is InChI=1S/C19H23NO3/c1-23-17-11-5-7-15(13-17)8-6-12-20-19(22)14-18(21)16-9-3-2-4-10-16/h2-5,7,9-11,13,18,21H,6,8,12,14H2,1H3,(H,20,22). The molecule has 0 aliphatic rings. The summed E-state index contributed by atoms with van der Waals surface area (Å²) in [6, 6.07) is 17.1. The van der Waals surface area contributed by atoms with Crippen molar-refractivity contribution >= 4 is 5.91 Å². The van der Waals surface area contributed by atoms with Gasteiger partial charge < -0.3 is 15.2 Å². The van der Waals surface area contributed by atoms with E-state index in [9.17, 15) is 9.90 Å². The third-order valence-electron chi connectivity index (χ3n) is 3.66. The van der Waals surface area contributed by atoms with Crippen molar-refractivity contribution in [3.63, 3.8) is 0 Å². The number of rotatable bonds is 8. The second kappa shape index (κ2) is 8.96. The zero-order valence-electron chi connectivity index (χ0n) is 13.4. The predicted octanol–water partition coefficient (Wildman–Crippen LogP) is 2.87. The first-order valence-electron chi connectivity index (χ1n) is 7.81. The van der Waals surface area contributed by atoms with Gasteiger partial charge in [-0.15, -0.1) is 0 Å². The summed E-state index contributed by atoms with van der Waals surface area (Å²) in [7, 11) is 1.65. The van der Waals surface area contributed by atoms with Gasteiger partial charge in [0.05, 0.1) is 19.6 Å². The van der Waals surface area contributed by atoms with Gasteiger partial charge in [-0.1, -0.05) is 42.5 Å². The molecule has 0 aliphatic heterocycles. The number of nitrogens with one attached hydrogen (secondary N) is 1. The van der Waals surface area contributed by atoms with E-state index in [0.29, 0.717) is 6.54 Å². The number of aliphatic hydroxyl groups is 1. The molecule has 4 heteroatoms. The third-order valence-corrected chi connectivity index (χ3v) is 3.66. The van der Waals surface area contributed by atoms with Crippen LogP contribution in [0.25, 0.3) is 0 Å². The number of hydrogen-bond acceptors (Lipinski definition) is 3. The summed E-state index contributed by atoms with van der Waals surface area (Å²) >= 11 is 0. The molecule has 2 N–H and O–H groups in total. The van der Waals surface area contributed by atoms with Crippen LogP contribution in [0.4, 0.5) is 0 Å². The molecule has 1 amide bonds. The minimum Gasteiger partial charge on any atom is -0.497 e. The molecule has 0 saturated heterocycles. The topological polar surface area (TPSA) is 58.6 Å². The van der Waals surface area contributed by atoms with E-state index >= 15 is 0 Å². The number of ether oxygens (including phenoxy) is 1. The number of hydrogen-bond donors (Lipinski definition) is 2. The van der Waals surface area contributed by atoms with Gasteiger partial charge in [0.2, 0.25) is 5.91 Å². The van der Waals surface area contributed by atoms with Crippen LogP contribution in [0.15, 0.2) is 54.6 Å². The molecule has 1 unspecified atom stereocenters. The number of carbonyl (C=O) groups excluding carboxylic acids is 1. The molecule has 1 atom stereocenters. The maximum Gasteiger partial charge on any atom is 0.222 e. The molecule has 2 aromatic carbocycles. The highest BCUT2D eigenvalue weighted by molar-refractivity contribution is 5.76. The number of benzene rings is 2. The smallest absolute Gasteiger partial charge is 0.222 e. The Kier molecular flexibility index (Phi) is 6.63. The molecule has 0 aromatic heterocycles. The second-order valence-electron chi connectivity index (χ2n) is 5.44. The minimum atomic E-state index is -0.755. The van der Waals surface area contributed by atoms with Gasteiger partial charge in [-0.05, 0) is 36.1 Å². The molecule has 2 aromatic rings. The van der Waals surface area contributed by atoms with Gasteiger partial charge in [0.15, 0.2) is 0 Å². The Balaban J connectivity index is 1.68. The molecule has 0 fully saturated rings. The molecule has 2 rings (SSSR count). The van der Waals surface area contributed by atoms with Crippen LogP contribution in [0, 0.1) is 0 Å². The lowest BCUT2D eigenvalue weighted by atomic mass is 10.1. The Bertz CT molecular complexity index is 613. The molecule has 0 radical (unpaired) electrons. The second-order valence-corrected chi connectivity index (χ2v) is 5.44. The quantitative estimate of drug-likeness (QED) is 0.737. The number of aryl methyl sites for hydroxylation is 1. The van der Waals surface area contributed by atoms with E-state index in [2.05, 4.69) is 5.32 Å². The normalized spacial score (nSPS) is 11.7. The Labute approximate surface area is 137 Å². The predicted molar refractivity (Wildman–Crippen MR) is 90.3 cm³/mol. The monoisotopic (exact) mass is 313 g/mol. The van der Waals surface area contributed by atoms with Crippen LogP contribution < -0.4 is 10.1 Å². The van der Waals surface area contributed by atoms with Gasteiger partial charge in [0.25, 0.3) is 0 Å². The zero-order chi connectivity index (χ0) is 16.5. The van der Waals surface area contributed by atoms with Crippen molar-refractivity contribution in [1.29, 1.82) is 0 Å². The van der Waals surface area contributed by atoms with Crippen molar-refractivity contribution in [3.05, 3.63) is 65.7 Å². The molecule has 0 heterocycles. The fourth-order valence-corrected chi connectivity index (χ4v) is 2.39. The summed E-state index contributed by atoms with van der Waals surface area (Å²) in [5.74, 6) is 0.713. The first-order valence-corrected chi connectivity index (χ1v) is 7.81. The summed E-state index contributed by atoms with van der Waals surface area (Å²) in [6.45, 7) is 0.595. The Morgan fingerprint density at radius 1 is 1.17 bits per heavy atom. The minimum absolute atomic E-state index is 0.0865. The highest BCUT2D eigenvalue weighted by Gasteiger charge is 2.12. The Morgan fingerprint density at radius 3 is 2.70 bits per heavy atom. The summed E-state index contributed by atoms with van der Waals surface area (Å²) < 4.78 is 5.19. The third kappa shape index (κ3) is 5.75. The van der Waals surface area contributed by atoms with Crippen LogP contribution >= 0.6 is 0 Å². The molecule has 0 bridgehead atoms. The number of amides is 1. The molecule has 4 nitrogen and oxygen atoms in total. The SMILES string of the molecule is COc1cccc(CCCNC(=O)CC(O)c2ccccc2)c1. The number of aliphatic hydroxyl groups excluding tert-OH is 1. The Morgan fingerprint density at radius 2 is 1.96 bits per heavy atom. The molecule has 122 valence electrons. The van der Waals surface area contributed by atoms with E-state index in [1.807, 2.05) is 54.6 Å². The summed E-state index contributed by atoms with van der Waals surface area (Å²) in [6.07, 6.45) is 1.05. The maximum absolute atomic E-state index is 11.8. The summed E-state index contributed by atoms with van der Waals surface area (Å²) in [5, 5.41) is 12.9. The fraction of sp³-hybridized carbons (Fsp3) is 0.316. The first-order chi connectivity index (χ1) is 11.2. The lowest BCUT2D eigenvalue weighted by Gasteiger charge is -2.11. The van der Waals surface area contributed by atoms with E-state index in [4.69, 9.17) is 4.74 Å². The van der Waals surface area contributed by atoms with Crippen molar-refractivity contribution in [2.45, 2.75) is 25.4 Å². The van der Waals surface area contributed by atoms with Crippen molar-refractivity contribution in [1.82, 2.24) is 5.32 Å². The summed E-state index contributed by atoms with van der Waals surface area (Å²) in [5.41, 5.74) is 1.95. The molecule has 23 heavy (non-hydrogen) atoms. The number of carbonyl (C=O) groups is 1. The van der Waals surface area contributed by atoms with Gasteiger partial charge in [-0.25, -0.2) is 0 Å². The molecule has 0 spiro atoms. The molecular weight excluding hydrogens is 290 g/mol. The molecule has 0 aliphatic carbocycles. The summed E-state index contributed by atoms with van der Waals surface area (Å²) in [4.78, 5) is 11.8. The average Bonchev–Trinajstić information content (AvgIpc) is 2.59. The molecular formula is C19H23NO3. The van der Waals surface area contributed by atoms with Gasteiger partial charge in [0.1, 0.15) is 5.75 Å². The van der Waals surface area contributed by atoms with Crippen LogP contribution in [0.5, 0.6) is 5.75 Å². The van der Waals surface area contributed by atoms with Crippen molar-refractivity contribution < 1.29 is 14.6 Å². The average molecular weight is 313 g/mol. The highest BCUT2D eigenvalue weighted by atomic mass is 16.5. The largest absolute Gasteiger partial charge is 0.497 e.